The molecular weight excluding hydrogens is 352 g/mol. The van der Waals surface area contributed by atoms with Gasteiger partial charge < -0.3 is 10.2 Å². The highest BCUT2D eigenvalue weighted by atomic mass is 32.1. The normalized spacial score (nSPS) is 15.3. The number of piperazine rings is 1. The molecule has 0 atom stereocenters. The summed E-state index contributed by atoms with van der Waals surface area (Å²) in [6.45, 7) is 6.14. The zero-order valence-corrected chi connectivity index (χ0v) is 15.6. The van der Waals surface area contributed by atoms with Crippen LogP contribution >= 0.6 is 12.2 Å². The lowest BCUT2D eigenvalue weighted by atomic mass is 9.96. The Morgan fingerprint density at radius 2 is 1.38 bits per heavy atom. The summed E-state index contributed by atoms with van der Waals surface area (Å²) in [7, 11) is 0. The van der Waals surface area contributed by atoms with E-state index in [9.17, 15) is 8.78 Å². The minimum absolute atomic E-state index is 0.0361. The van der Waals surface area contributed by atoms with E-state index >= 15 is 0 Å². The van der Waals surface area contributed by atoms with Crippen molar-refractivity contribution in [2.75, 3.05) is 32.7 Å². The smallest absolute Gasteiger partial charge is 0.169 e. The van der Waals surface area contributed by atoms with E-state index in [1.165, 1.54) is 24.3 Å². The molecule has 0 saturated carbocycles. The molecule has 1 aliphatic rings. The minimum Gasteiger partial charge on any atom is -0.363 e. The highest BCUT2D eigenvalue weighted by molar-refractivity contribution is 7.80. The van der Waals surface area contributed by atoms with E-state index in [1.54, 1.807) is 24.3 Å². The van der Waals surface area contributed by atoms with E-state index in [2.05, 4.69) is 15.1 Å². The van der Waals surface area contributed by atoms with E-state index in [1.807, 2.05) is 6.92 Å². The molecule has 3 nitrogen and oxygen atoms in total. The van der Waals surface area contributed by atoms with Crippen molar-refractivity contribution in [2.45, 2.75) is 13.0 Å². The first kappa shape index (κ1) is 18.7. The highest BCUT2D eigenvalue weighted by Crippen LogP contribution is 2.30. The van der Waals surface area contributed by atoms with E-state index in [0.717, 1.165) is 49.0 Å². The van der Waals surface area contributed by atoms with Gasteiger partial charge in [0.25, 0.3) is 0 Å². The molecule has 0 aliphatic carbocycles. The number of rotatable bonds is 4. The van der Waals surface area contributed by atoms with Crippen LogP contribution in [0.5, 0.6) is 0 Å². The first-order valence-electron chi connectivity index (χ1n) is 8.86. The predicted molar refractivity (Wildman–Crippen MR) is 104 cm³/mol. The van der Waals surface area contributed by atoms with Crippen LogP contribution in [-0.4, -0.2) is 47.6 Å². The van der Waals surface area contributed by atoms with Crippen LogP contribution in [-0.2, 0) is 0 Å². The Morgan fingerprint density at radius 3 is 1.81 bits per heavy atom. The molecule has 2 aromatic rings. The molecular formula is C20H23F2N3S. The van der Waals surface area contributed by atoms with Gasteiger partial charge in [0.1, 0.15) is 11.6 Å². The summed E-state index contributed by atoms with van der Waals surface area (Å²) >= 11 is 5.41. The first-order chi connectivity index (χ1) is 12.6. The van der Waals surface area contributed by atoms with Gasteiger partial charge in [0.05, 0.1) is 6.04 Å². The number of hydrogen-bond donors (Lipinski definition) is 1. The van der Waals surface area contributed by atoms with Gasteiger partial charge >= 0.3 is 0 Å². The molecule has 1 aliphatic heterocycles. The summed E-state index contributed by atoms with van der Waals surface area (Å²) in [4.78, 5) is 4.51. The number of hydrogen-bond acceptors (Lipinski definition) is 2. The van der Waals surface area contributed by atoms with Crippen LogP contribution in [0.3, 0.4) is 0 Å². The van der Waals surface area contributed by atoms with Crippen LogP contribution in [0.1, 0.15) is 24.1 Å². The quantitative estimate of drug-likeness (QED) is 0.823. The molecule has 0 aromatic heterocycles. The first-order valence-corrected chi connectivity index (χ1v) is 9.27. The van der Waals surface area contributed by atoms with Gasteiger partial charge in [-0.1, -0.05) is 24.3 Å². The molecule has 1 N–H and O–H groups in total. The molecule has 0 radical (unpaired) electrons. The topological polar surface area (TPSA) is 18.5 Å². The standard InChI is InChI=1S/C20H23F2N3S/c1-2-23-20(26)25-13-11-24(12-14-25)19(15-3-7-17(21)8-4-15)16-5-9-18(22)10-6-16/h3-10,19H,2,11-14H2,1H3,(H,23,26). The zero-order chi connectivity index (χ0) is 18.5. The van der Waals surface area contributed by atoms with Gasteiger partial charge in [0.2, 0.25) is 0 Å². The number of benzene rings is 2. The SMILES string of the molecule is CCNC(=S)N1CCN(C(c2ccc(F)cc2)c2ccc(F)cc2)CC1. The Balaban J connectivity index is 1.81. The van der Waals surface area contributed by atoms with Gasteiger partial charge in [-0.15, -0.1) is 0 Å². The number of thiocarbonyl (C=S) groups is 1. The lowest BCUT2D eigenvalue weighted by Crippen LogP contribution is -2.52. The molecule has 1 saturated heterocycles. The second-order valence-electron chi connectivity index (χ2n) is 6.36. The maximum absolute atomic E-state index is 13.4. The van der Waals surface area contributed by atoms with E-state index in [0.29, 0.717) is 0 Å². The maximum atomic E-state index is 13.4. The number of halogens is 2. The molecule has 138 valence electrons. The lowest BCUT2D eigenvalue weighted by molar-refractivity contribution is 0.149. The summed E-state index contributed by atoms with van der Waals surface area (Å²) in [5.41, 5.74) is 2.00. The van der Waals surface area contributed by atoms with Crippen LogP contribution in [0, 0.1) is 11.6 Å². The van der Waals surface area contributed by atoms with Gasteiger partial charge in [-0.2, -0.15) is 0 Å². The van der Waals surface area contributed by atoms with E-state index in [4.69, 9.17) is 12.2 Å². The van der Waals surface area contributed by atoms with Gasteiger partial charge in [0, 0.05) is 32.7 Å². The molecule has 26 heavy (non-hydrogen) atoms. The molecule has 2 aromatic carbocycles. The van der Waals surface area contributed by atoms with Crippen molar-refractivity contribution >= 4 is 17.3 Å². The van der Waals surface area contributed by atoms with Gasteiger partial charge in [-0.25, -0.2) is 8.78 Å². The zero-order valence-electron chi connectivity index (χ0n) is 14.8. The molecule has 3 rings (SSSR count). The van der Waals surface area contributed by atoms with Crippen LogP contribution in [0.4, 0.5) is 8.78 Å². The Morgan fingerprint density at radius 1 is 0.923 bits per heavy atom. The van der Waals surface area contributed by atoms with E-state index in [-0.39, 0.29) is 17.7 Å². The second kappa shape index (κ2) is 8.56. The molecule has 0 amide bonds. The maximum Gasteiger partial charge on any atom is 0.169 e. The Kier molecular flexibility index (Phi) is 6.16. The summed E-state index contributed by atoms with van der Waals surface area (Å²) in [5, 5.41) is 3.98. The average molecular weight is 375 g/mol. The van der Waals surface area contributed by atoms with Gasteiger partial charge in [-0.05, 0) is 54.5 Å². The van der Waals surface area contributed by atoms with Crippen molar-refractivity contribution in [3.05, 3.63) is 71.3 Å². The Bertz CT molecular complexity index is 680. The fourth-order valence-electron chi connectivity index (χ4n) is 3.35. The molecule has 0 unspecified atom stereocenters. The second-order valence-corrected chi connectivity index (χ2v) is 6.75. The summed E-state index contributed by atoms with van der Waals surface area (Å²) < 4.78 is 26.7. The largest absolute Gasteiger partial charge is 0.363 e. The van der Waals surface area contributed by atoms with Crippen LogP contribution in [0.2, 0.25) is 0 Å². The van der Waals surface area contributed by atoms with E-state index < -0.39 is 0 Å². The molecule has 1 heterocycles. The van der Waals surface area contributed by atoms with Crippen molar-refractivity contribution in [3.8, 4) is 0 Å². The molecule has 0 spiro atoms. The van der Waals surface area contributed by atoms with Gasteiger partial charge in [0.15, 0.2) is 5.11 Å². The van der Waals surface area contributed by atoms with Crippen molar-refractivity contribution in [2.24, 2.45) is 0 Å². The fourth-order valence-corrected chi connectivity index (χ4v) is 3.68. The Hall–Kier alpha value is -2.05. The fraction of sp³-hybridized carbons (Fsp3) is 0.350. The monoisotopic (exact) mass is 375 g/mol. The van der Waals surface area contributed by atoms with Crippen LogP contribution in [0.15, 0.2) is 48.5 Å². The Labute approximate surface area is 158 Å². The van der Waals surface area contributed by atoms with Crippen molar-refractivity contribution < 1.29 is 8.78 Å². The summed E-state index contributed by atoms with van der Waals surface area (Å²) in [5.74, 6) is -0.514. The number of nitrogens with zero attached hydrogens (tertiary/aromatic N) is 2. The third-order valence-corrected chi connectivity index (χ3v) is 5.07. The molecule has 0 bridgehead atoms. The third-order valence-electron chi connectivity index (χ3n) is 4.67. The van der Waals surface area contributed by atoms with Crippen LogP contribution in [0.25, 0.3) is 0 Å². The van der Waals surface area contributed by atoms with Gasteiger partial charge in [-0.3, -0.25) is 4.90 Å². The lowest BCUT2D eigenvalue weighted by Gasteiger charge is -2.40. The van der Waals surface area contributed by atoms with Crippen molar-refractivity contribution in [1.82, 2.24) is 15.1 Å². The highest BCUT2D eigenvalue weighted by Gasteiger charge is 2.27. The summed E-state index contributed by atoms with van der Waals surface area (Å²) in [6.07, 6.45) is 0. The number of nitrogens with one attached hydrogen (secondary N) is 1. The van der Waals surface area contributed by atoms with Crippen LogP contribution < -0.4 is 5.32 Å². The van der Waals surface area contributed by atoms with Crippen molar-refractivity contribution in [1.29, 1.82) is 0 Å². The summed E-state index contributed by atoms with van der Waals surface area (Å²) in [6, 6.07) is 13.1. The predicted octanol–water partition coefficient (Wildman–Crippen LogP) is 3.57. The molecule has 6 heteroatoms. The average Bonchev–Trinajstić information content (AvgIpc) is 2.66. The molecule has 1 fully saturated rings. The third kappa shape index (κ3) is 4.37. The minimum atomic E-state index is -0.257. The van der Waals surface area contributed by atoms with Crippen molar-refractivity contribution in [3.63, 3.8) is 0 Å².